The topological polar surface area (TPSA) is 6.48 Å². The summed E-state index contributed by atoms with van der Waals surface area (Å²) in [6, 6.07) is 0. The van der Waals surface area contributed by atoms with Gasteiger partial charge in [-0.2, -0.15) is 0 Å². The zero-order valence-electron chi connectivity index (χ0n) is 7.65. The molecule has 68 valence electrons. The molecular weight excluding hydrogens is 259 g/mol. The fourth-order valence-electron chi connectivity index (χ4n) is 0.676. The third-order valence-electron chi connectivity index (χ3n) is 1.46. The van der Waals surface area contributed by atoms with E-state index >= 15 is 0 Å². The molecule has 0 aromatic heterocycles. The lowest BCUT2D eigenvalue weighted by Gasteiger charge is -2.49. The molecule has 2 nitrogen and oxygen atoms in total. The van der Waals surface area contributed by atoms with Gasteiger partial charge in [0, 0.05) is 0 Å². The molecule has 1 fully saturated rings. The lowest BCUT2D eigenvalue weighted by atomic mass is 11.9. The van der Waals surface area contributed by atoms with E-state index in [1.807, 2.05) is 0 Å². The second-order valence-electron chi connectivity index (χ2n) is 3.69. The monoisotopic (exact) mass is 270 g/mol. The normalized spacial score (nSPS) is 22.5. The number of rotatable bonds is 2. The van der Waals surface area contributed by atoms with Crippen molar-refractivity contribution in [1.29, 1.82) is 0 Å². The first-order chi connectivity index (χ1) is 5.21. The molecule has 0 amide bonds. The van der Waals surface area contributed by atoms with Crippen molar-refractivity contribution in [2.24, 2.45) is 0 Å². The minimum absolute atomic E-state index is 0.745. The Morgan fingerprint density at radius 2 is 1.08 bits per heavy atom. The Balaban J connectivity index is 2.39. The van der Waals surface area contributed by atoms with Crippen LogP contribution in [-0.2, 0) is 0 Å². The predicted molar refractivity (Wildman–Crippen MR) is 61.9 cm³/mol. The molecule has 0 N–H and O–H groups in total. The van der Waals surface area contributed by atoms with E-state index < -0.39 is 15.1 Å². The van der Waals surface area contributed by atoms with Gasteiger partial charge in [-0.15, -0.1) is 22.2 Å². The average molecular weight is 271 g/mol. The zero-order valence-corrected chi connectivity index (χ0v) is 13.2. The Labute approximate surface area is 90.8 Å². The van der Waals surface area contributed by atoms with E-state index in [4.69, 9.17) is 22.2 Å². The highest BCUT2D eigenvalue weighted by atomic mass is 35.6. The molecule has 0 aromatic rings. The van der Waals surface area contributed by atoms with Crippen LogP contribution in [0.4, 0.5) is 0 Å². The van der Waals surface area contributed by atoms with E-state index in [9.17, 15) is 0 Å². The van der Waals surface area contributed by atoms with Crippen LogP contribution >= 0.6 is 22.2 Å². The van der Waals surface area contributed by atoms with Crippen molar-refractivity contribution >= 4 is 56.9 Å². The summed E-state index contributed by atoms with van der Waals surface area (Å²) in [4.78, 5) is 0. The summed E-state index contributed by atoms with van der Waals surface area (Å²) in [7, 11) is -1.60. The molecule has 12 heavy (non-hydrogen) atoms. The van der Waals surface area contributed by atoms with Crippen molar-refractivity contribution in [1.82, 2.24) is 7.79 Å². The van der Waals surface area contributed by atoms with Crippen molar-refractivity contribution in [2.45, 2.75) is 26.2 Å². The zero-order chi connectivity index (χ0) is 9.57. The van der Waals surface area contributed by atoms with Gasteiger partial charge in [0.2, 0.25) is 34.8 Å². The molecular formula is C4H12Cl2N2Si4. The van der Waals surface area contributed by atoms with E-state index in [1.54, 1.807) is 0 Å². The first kappa shape index (κ1) is 11.4. The van der Waals surface area contributed by atoms with Crippen molar-refractivity contribution < 1.29 is 0 Å². The molecule has 0 aromatic carbocycles. The molecule has 8 heteroatoms. The molecule has 0 spiro atoms. The fourth-order valence-corrected chi connectivity index (χ4v) is 10.1. The van der Waals surface area contributed by atoms with Gasteiger partial charge in [0.05, 0.1) is 0 Å². The highest BCUT2D eigenvalue weighted by molar-refractivity contribution is 7.27. The average Bonchev–Trinajstić information content (AvgIpc) is 1.46. The van der Waals surface area contributed by atoms with Gasteiger partial charge in [-0.1, -0.05) is 0 Å². The first-order valence-electron chi connectivity index (χ1n) is 3.72. The van der Waals surface area contributed by atoms with Crippen molar-refractivity contribution in [2.75, 3.05) is 0 Å². The molecule has 1 saturated heterocycles. The third kappa shape index (κ3) is 2.68. The molecule has 0 saturated carbocycles. The van der Waals surface area contributed by atoms with Crippen LogP contribution in [0.25, 0.3) is 0 Å². The van der Waals surface area contributed by atoms with Crippen LogP contribution in [0.3, 0.4) is 0 Å². The maximum atomic E-state index is 6.27. The minimum atomic E-state index is -1.54. The summed E-state index contributed by atoms with van der Waals surface area (Å²) >= 11 is 12.5. The van der Waals surface area contributed by atoms with E-state index in [2.05, 4.69) is 34.0 Å². The smallest absolute Gasteiger partial charge is 0.224 e. The molecule has 4 radical (unpaired) electrons. The van der Waals surface area contributed by atoms with Gasteiger partial charge in [0.15, 0.2) is 0 Å². The summed E-state index contributed by atoms with van der Waals surface area (Å²) in [6.45, 7) is 8.65. The van der Waals surface area contributed by atoms with Crippen LogP contribution in [0.1, 0.15) is 0 Å². The lowest BCUT2D eigenvalue weighted by molar-refractivity contribution is 0.771. The van der Waals surface area contributed by atoms with E-state index in [1.165, 1.54) is 0 Å². The van der Waals surface area contributed by atoms with Crippen molar-refractivity contribution in [3.8, 4) is 0 Å². The van der Waals surface area contributed by atoms with Crippen LogP contribution in [-0.4, -0.2) is 42.6 Å². The SMILES string of the molecule is C[Si](C)(Cl)N1[Si]N([Si](C)(C)Cl)[Si]1. The Morgan fingerprint density at radius 1 is 0.833 bits per heavy atom. The number of hydrogen-bond donors (Lipinski definition) is 0. The van der Waals surface area contributed by atoms with Crippen LogP contribution < -0.4 is 0 Å². The summed E-state index contributed by atoms with van der Waals surface area (Å²) < 4.78 is 4.79. The van der Waals surface area contributed by atoms with Crippen molar-refractivity contribution in [3.05, 3.63) is 0 Å². The molecule has 1 aliphatic rings. The highest BCUT2D eigenvalue weighted by Crippen LogP contribution is 2.24. The summed E-state index contributed by atoms with van der Waals surface area (Å²) in [6.07, 6.45) is 0. The van der Waals surface area contributed by atoms with E-state index in [0.717, 1.165) is 19.7 Å². The second-order valence-corrected chi connectivity index (χ2v) is 20.6. The largest absolute Gasteiger partial charge is 0.334 e. The lowest BCUT2D eigenvalue weighted by Crippen LogP contribution is -2.74. The maximum Gasteiger partial charge on any atom is 0.224 e. The Kier molecular flexibility index (Phi) is 3.34. The molecule has 0 atom stereocenters. The van der Waals surface area contributed by atoms with Gasteiger partial charge in [-0.3, -0.25) is 0 Å². The quantitative estimate of drug-likeness (QED) is 0.555. The number of nitrogens with zero attached hydrogens (tertiary/aromatic N) is 2. The van der Waals surface area contributed by atoms with Gasteiger partial charge >= 0.3 is 0 Å². The van der Waals surface area contributed by atoms with Gasteiger partial charge in [0.1, 0.15) is 0 Å². The first-order valence-corrected chi connectivity index (χ1v) is 13.4. The second kappa shape index (κ2) is 3.50. The van der Waals surface area contributed by atoms with Gasteiger partial charge in [-0.05, 0) is 26.2 Å². The van der Waals surface area contributed by atoms with Crippen LogP contribution in [0, 0.1) is 0 Å². The molecule has 1 heterocycles. The minimum Gasteiger partial charge on any atom is -0.334 e. The van der Waals surface area contributed by atoms with Crippen LogP contribution in [0.5, 0.6) is 0 Å². The summed E-state index contributed by atoms with van der Waals surface area (Å²) in [5.74, 6) is 0. The van der Waals surface area contributed by atoms with Gasteiger partial charge in [0.25, 0.3) is 0 Å². The predicted octanol–water partition coefficient (Wildman–Crippen LogP) is 1.55. The molecule has 1 rings (SSSR count). The Hall–Kier alpha value is 1.37. The fraction of sp³-hybridized carbons (Fsp3) is 1.00. The number of halogens is 2. The molecule has 0 bridgehead atoms. The highest BCUT2D eigenvalue weighted by Gasteiger charge is 2.45. The third-order valence-corrected chi connectivity index (χ3v) is 16.2. The molecule has 1 aliphatic heterocycles. The summed E-state index contributed by atoms with van der Waals surface area (Å²) in [5.41, 5.74) is 0. The number of hydrogen-bond acceptors (Lipinski definition) is 2. The Morgan fingerprint density at radius 3 is 1.25 bits per heavy atom. The van der Waals surface area contributed by atoms with Crippen LogP contribution in [0.2, 0.25) is 26.2 Å². The standard InChI is InChI=1S/C4H12Cl2N2Si4/c1-11(2,5)7-9-8(10-7)12(3,4)6/h1-4H3. The summed E-state index contributed by atoms with van der Waals surface area (Å²) in [5, 5.41) is 0. The molecule has 0 unspecified atom stereocenters. The Bertz CT molecular complexity index is 153. The maximum absolute atomic E-state index is 6.27. The molecule has 0 aliphatic carbocycles. The van der Waals surface area contributed by atoms with Gasteiger partial charge in [-0.25, -0.2) is 0 Å². The van der Waals surface area contributed by atoms with Crippen LogP contribution in [0.15, 0.2) is 0 Å². The van der Waals surface area contributed by atoms with E-state index in [-0.39, 0.29) is 0 Å². The van der Waals surface area contributed by atoms with E-state index in [0.29, 0.717) is 0 Å². The van der Waals surface area contributed by atoms with Crippen molar-refractivity contribution in [3.63, 3.8) is 0 Å². The van der Waals surface area contributed by atoms with Gasteiger partial charge < -0.3 is 7.79 Å².